The number of Topliss-reactive ketones (excluding diaryl/α,β-unsaturated/α-hetero) is 1. The Morgan fingerprint density at radius 1 is 1.25 bits per heavy atom. The SMILES string of the molecule is C/C(=C\[C@H](C)CC(C)C)c1c2c([nH]c(=O)c1C)C(=O)C(=O)C=C2O. The number of nitrogens with one attached hydrogen (secondary N) is 1. The van der Waals surface area contributed by atoms with E-state index in [-0.39, 0.29) is 22.9 Å². The van der Waals surface area contributed by atoms with E-state index in [4.69, 9.17) is 0 Å². The van der Waals surface area contributed by atoms with Crippen LogP contribution in [0.15, 0.2) is 16.9 Å². The number of aromatic amines is 1. The van der Waals surface area contributed by atoms with Crippen LogP contribution in [0.3, 0.4) is 0 Å². The molecule has 0 saturated heterocycles. The molecule has 1 atom stereocenters. The lowest BCUT2D eigenvalue weighted by molar-refractivity contribution is -0.111. The van der Waals surface area contributed by atoms with Crippen molar-refractivity contribution in [1.29, 1.82) is 0 Å². The number of aromatic nitrogens is 1. The van der Waals surface area contributed by atoms with Gasteiger partial charge in [-0.15, -0.1) is 0 Å². The normalized spacial score (nSPS) is 16.2. The van der Waals surface area contributed by atoms with Crippen molar-refractivity contribution in [3.05, 3.63) is 44.9 Å². The number of allylic oxidation sites excluding steroid dienone is 3. The lowest BCUT2D eigenvalue weighted by Crippen LogP contribution is -2.27. The number of pyridine rings is 1. The van der Waals surface area contributed by atoms with E-state index in [9.17, 15) is 19.5 Å². The summed E-state index contributed by atoms with van der Waals surface area (Å²) in [6.07, 6.45) is 3.94. The molecule has 0 fully saturated rings. The van der Waals surface area contributed by atoms with Crippen LogP contribution in [0.5, 0.6) is 0 Å². The highest BCUT2D eigenvalue weighted by Crippen LogP contribution is 2.32. The summed E-state index contributed by atoms with van der Waals surface area (Å²) < 4.78 is 0. The van der Waals surface area contributed by atoms with E-state index in [1.54, 1.807) is 6.92 Å². The van der Waals surface area contributed by atoms with Crippen molar-refractivity contribution in [2.24, 2.45) is 11.8 Å². The molecule has 128 valence electrons. The van der Waals surface area contributed by atoms with Gasteiger partial charge in [-0.25, -0.2) is 0 Å². The zero-order valence-corrected chi connectivity index (χ0v) is 14.7. The number of carbonyl (C=O) groups excluding carboxylic acids is 2. The van der Waals surface area contributed by atoms with Gasteiger partial charge >= 0.3 is 0 Å². The van der Waals surface area contributed by atoms with Gasteiger partial charge in [-0.05, 0) is 43.2 Å². The van der Waals surface area contributed by atoms with Crippen LogP contribution in [0.1, 0.15) is 61.3 Å². The van der Waals surface area contributed by atoms with Crippen LogP contribution in [-0.2, 0) is 4.79 Å². The number of aliphatic hydroxyl groups is 1. The van der Waals surface area contributed by atoms with E-state index in [1.165, 1.54) is 0 Å². The Labute approximate surface area is 141 Å². The molecule has 1 heterocycles. The van der Waals surface area contributed by atoms with E-state index in [1.807, 2.05) is 13.0 Å². The Hall–Kier alpha value is -2.43. The summed E-state index contributed by atoms with van der Waals surface area (Å²) in [6.45, 7) is 9.86. The Morgan fingerprint density at radius 3 is 2.46 bits per heavy atom. The largest absolute Gasteiger partial charge is 0.507 e. The van der Waals surface area contributed by atoms with E-state index < -0.39 is 17.1 Å². The predicted molar refractivity (Wildman–Crippen MR) is 94.0 cm³/mol. The summed E-state index contributed by atoms with van der Waals surface area (Å²) in [5.74, 6) is -1.10. The molecule has 0 spiro atoms. The van der Waals surface area contributed by atoms with E-state index in [2.05, 4.69) is 25.8 Å². The fourth-order valence-corrected chi connectivity index (χ4v) is 3.32. The second kappa shape index (κ2) is 6.59. The van der Waals surface area contributed by atoms with E-state index in [0.717, 1.165) is 18.1 Å². The third-order valence-electron chi connectivity index (χ3n) is 4.20. The van der Waals surface area contributed by atoms with Crippen LogP contribution in [-0.4, -0.2) is 21.7 Å². The molecule has 0 unspecified atom stereocenters. The molecule has 0 radical (unpaired) electrons. The molecule has 2 rings (SSSR count). The molecular weight excluding hydrogens is 306 g/mol. The number of ketones is 2. The van der Waals surface area contributed by atoms with Gasteiger partial charge in [0.25, 0.3) is 5.56 Å². The van der Waals surface area contributed by atoms with Crippen molar-refractivity contribution in [3.63, 3.8) is 0 Å². The van der Waals surface area contributed by atoms with Gasteiger partial charge in [0.2, 0.25) is 11.6 Å². The maximum absolute atomic E-state index is 12.2. The lowest BCUT2D eigenvalue weighted by atomic mass is 9.87. The van der Waals surface area contributed by atoms with Gasteiger partial charge in [0.15, 0.2) is 0 Å². The molecule has 0 amide bonds. The standard InChI is InChI=1S/C19H23NO4/c1-9(2)6-10(3)7-11(4)15-12(5)19(24)20-17-16(15)13(21)8-14(22)18(17)23/h7-10,21H,6H2,1-5H3,(H,20,24)/b11-7+/t10-/m1/s1. The molecule has 2 N–H and O–H groups in total. The van der Waals surface area contributed by atoms with Crippen molar-refractivity contribution in [1.82, 2.24) is 4.98 Å². The third kappa shape index (κ3) is 3.25. The number of carbonyl (C=O) groups is 2. The maximum atomic E-state index is 12.2. The third-order valence-corrected chi connectivity index (χ3v) is 4.20. The Morgan fingerprint density at radius 2 is 1.88 bits per heavy atom. The number of rotatable bonds is 4. The number of H-pyrrole nitrogens is 1. The van der Waals surface area contributed by atoms with Gasteiger partial charge in [-0.3, -0.25) is 14.4 Å². The van der Waals surface area contributed by atoms with Crippen molar-refractivity contribution >= 4 is 22.9 Å². The second-order valence-electron chi connectivity index (χ2n) is 6.88. The molecule has 24 heavy (non-hydrogen) atoms. The van der Waals surface area contributed by atoms with Crippen molar-refractivity contribution in [2.75, 3.05) is 0 Å². The van der Waals surface area contributed by atoms with Crippen LogP contribution in [0.2, 0.25) is 0 Å². The zero-order valence-electron chi connectivity index (χ0n) is 14.7. The summed E-state index contributed by atoms with van der Waals surface area (Å²) in [6, 6.07) is 0. The zero-order chi connectivity index (χ0) is 18.2. The molecule has 0 aromatic carbocycles. The van der Waals surface area contributed by atoms with Gasteiger partial charge in [0.05, 0.1) is 5.56 Å². The van der Waals surface area contributed by atoms with Gasteiger partial charge < -0.3 is 10.1 Å². The average molecular weight is 329 g/mol. The molecule has 0 bridgehead atoms. The maximum Gasteiger partial charge on any atom is 0.252 e. The lowest BCUT2D eigenvalue weighted by Gasteiger charge is -2.19. The van der Waals surface area contributed by atoms with Gasteiger partial charge in [-0.1, -0.05) is 26.8 Å². The molecule has 1 aromatic heterocycles. The molecule has 5 nitrogen and oxygen atoms in total. The van der Waals surface area contributed by atoms with E-state index in [0.29, 0.717) is 17.0 Å². The first-order chi connectivity index (χ1) is 11.1. The van der Waals surface area contributed by atoms with E-state index >= 15 is 0 Å². The molecule has 1 aromatic rings. The van der Waals surface area contributed by atoms with Crippen LogP contribution >= 0.6 is 0 Å². The molecule has 5 heteroatoms. The first kappa shape index (κ1) is 17.9. The van der Waals surface area contributed by atoms with Crippen molar-refractivity contribution in [3.8, 4) is 0 Å². The Kier molecular flexibility index (Phi) is 4.92. The van der Waals surface area contributed by atoms with Crippen molar-refractivity contribution in [2.45, 2.75) is 41.0 Å². The van der Waals surface area contributed by atoms with Crippen molar-refractivity contribution < 1.29 is 14.7 Å². The highest BCUT2D eigenvalue weighted by atomic mass is 16.3. The number of hydrogen-bond donors (Lipinski definition) is 2. The smallest absolute Gasteiger partial charge is 0.252 e. The van der Waals surface area contributed by atoms with Crippen LogP contribution in [0.25, 0.3) is 11.3 Å². The monoisotopic (exact) mass is 329 g/mol. The Bertz CT molecular complexity index is 825. The molecule has 1 aliphatic rings. The van der Waals surface area contributed by atoms with Gasteiger partial charge in [-0.2, -0.15) is 0 Å². The second-order valence-corrected chi connectivity index (χ2v) is 6.88. The first-order valence-electron chi connectivity index (χ1n) is 8.08. The summed E-state index contributed by atoms with van der Waals surface area (Å²) in [5.41, 5.74) is 1.44. The summed E-state index contributed by atoms with van der Waals surface area (Å²) in [7, 11) is 0. The van der Waals surface area contributed by atoms with Gasteiger partial charge in [0.1, 0.15) is 11.5 Å². The summed E-state index contributed by atoms with van der Waals surface area (Å²) >= 11 is 0. The van der Waals surface area contributed by atoms with Gasteiger partial charge in [0, 0.05) is 11.6 Å². The van der Waals surface area contributed by atoms with Crippen LogP contribution in [0, 0.1) is 18.8 Å². The number of aliphatic hydroxyl groups excluding tert-OH is 1. The minimum Gasteiger partial charge on any atom is -0.507 e. The quantitative estimate of drug-likeness (QED) is 0.828. The number of fused-ring (bicyclic) bond motifs is 1. The fourth-order valence-electron chi connectivity index (χ4n) is 3.32. The Balaban J connectivity index is 2.69. The first-order valence-corrected chi connectivity index (χ1v) is 8.08. The average Bonchev–Trinajstić information content (AvgIpc) is 2.45. The fraction of sp³-hybridized carbons (Fsp3) is 0.421. The molecular formula is C19H23NO4. The predicted octanol–water partition coefficient (Wildman–Crippen LogP) is 3.43. The molecule has 0 aliphatic heterocycles. The summed E-state index contributed by atoms with van der Waals surface area (Å²) in [5, 5.41) is 10.2. The minimum atomic E-state index is -0.833. The highest BCUT2D eigenvalue weighted by Gasteiger charge is 2.31. The molecule has 1 aliphatic carbocycles. The topological polar surface area (TPSA) is 87.2 Å². The molecule has 0 saturated carbocycles. The number of hydrogen-bond acceptors (Lipinski definition) is 4. The van der Waals surface area contributed by atoms with Crippen LogP contribution in [0.4, 0.5) is 0 Å². The minimum absolute atomic E-state index is 0.130. The summed E-state index contributed by atoms with van der Waals surface area (Å²) in [4.78, 5) is 38.3. The highest BCUT2D eigenvalue weighted by molar-refractivity contribution is 6.50. The van der Waals surface area contributed by atoms with Crippen LogP contribution < -0.4 is 5.56 Å².